The molecule has 4 aromatic rings. The highest BCUT2D eigenvalue weighted by Crippen LogP contribution is 2.28. The quantitative estimate of drug-likeness (QED) is 0.238. The Morgan fingerprint density at radius 2 is 1.86 bits per heavy atom. The molecule has 1 fully saturated rings. The van der Waals surface area contributed by atoms with Crippen molar-refractivity contribution < 1.29 is 9.13 Å². The van der Waals surface area contributed by atoms with Crippen molar-refractivity contribution in [2.45, 2.75) is 62.5 Å². The molecule has 0 amide bonds. The Morgan fingerprint density at radius 3 is 2.67 bits per heavy atom. The molecule has 7 heteroatoms. The first-order valence-corrected chi connectivity index (χ1v) is 13.8. The number of nitrogens with zero attached hydrogens (tertiary/aromatic N) is 3. The highest BCUT2D eigenvalue weighted by atomic mass is 32.2. The minimum Gasteiger partial charge on any atom is -0.492 e. The molecule has 0 bridgehead atoms. The van der Waals surface area contributed by atoms with Crippen LogP contribution in [0.3, 0.4) is 0 Å². The van der Waals surface area contributed by atoms with Gasteiger partial charge in [-0.15, -0.1) is 0 Å². The normalized spacial score (nSPS) is 14.5. The predicted molar refractivity (Wildman–Crippen MR) is 144 cm³/mol. The predicted octanol–water partition coefficient (Wildman–Crippen LogP) is 6.91. The second kappa shape index (κ2) is 11.9. The van der Waals surface area contributed by atoms with Gasteiger partial charge < -0.3 is 9.72 Å². The summed E-state index contributed by atoms with van der Waals surface area (Å²) in [6.07, 6.45) is 8.15. The van der Waals surface area contributed by atoms with E-state index >= 15 is 0 Å². The lowest BCUT2D eigenvalue weighted by atomic mass is 9.94. The highest BCUT2D eigenvalue weighted by Gasteiger charge is 2.21. The molecular formula is C29H33FN4OS. The monoisotopic (exact) mass is 504 g/mol. The first-order valence-electron chi connectivity index (χ1n) is 12.8. The van der Waals surface area contributed by atoms with Crippen LogP contribution >= 0.6 is 11.8 Å². The van der Waals surface area contributed by atoms with Gasteiger partial charge in [0, 0.05) is 36.6 Å². The second-order valence-electron chi connectivity index (χ2n) is 9.47. The average Bonchev–Trinajstić information content (AvgIpc) is 3.33. The van der Waals surface area contributed by atoms with E-state index < -0.39 is 0 Å². The van der Waals surface area contributed by atoms with Gasteiger partial charge in [0.05, 0.1) is 16.7 Å². The zero-order valence-electron chi connectivity index (χ0n) is 20.8. The Hall–Kier alpha value is -2.90. The van der Waals surface area contributed by atoms with Gasteiger partial charge >= 0.3 is 0 Å². The van der Waals surface area contributed by atoms with Crippen LogP contribution < -0.4 is 4.74 Å². The molecule has 0 spiro atoms. The van der Waals surface area contributed by atoms with Gasteiger partial charge in [0.15, 0.2) is 5.16 Å². The van der Waals surface area contributed by atoms with Crippen molar-refractivity contribution in [1.29, 1.82) is 0 Å². The molecule has 188 valence electrons. The SMILES string of the molecule is Cc1c(OCCN(Cc2ccc(F)cc2)C2CCCCC2)ccnc1CSc1nc2ccccc2[nH]1. The van der Waals surface area contributed by atoms with E-state index in [0.29, 0.717) is 12.6 Å². The molecule has 0 saturated heterocycles. The number of pyridine rings is 1. The maximum absolute atomic E-state index is 13.4. The Bertz CT molecular complexity index is 1240. The molecule has 1 saturated carbocycles. The lowest BCUT2D eigenvalue weighted by molar-refractivity contribution is 0.123. The molecular weight excluding hydrogens is 471 g/mol. The first-order chi connectivity index (χ1) is 17.7. The van der Waals surface area contributed by atoms with Crippen LogP contribution in [0.15, 0.2) is 66.0 Å². The summed E-state index contributed by atoms with van der Waals surface area (Å²) in [5.41, 5.74) is 5.25. The van der Waals surface area contributed by atoms with Crippen LogP contribution in [0.25, 0.3) is 11.0 Å². The van der Waals surface area contributed by atoms with Crippen molar-refractivity contribution in [3.8, 4) is 5.75 Å². The highest BCUT2D eigenvalue weighted by molar-refractivity contribution is 7.98. The summed E-state index contributed by atoms with van der Waals surface area (Å²) in [4.78, 5) is 15.1. The first kappa shape index (κ1) is 24.8. The number of ether oxygens (including phenoxy) is 1. The minimum atomic E-state index is -0.186. The van der Waals surface area contributed by atoms with Crippen LogP contribution in [0.1, 0.15) is 48.9 Å². The summed E-state index contributed by atoms with van der Waals surface area (Å²) in [6.45, 7) is 4.35. The number of H-pyrrole nitrogens is 1. The van der Waals surface area contributed by atoms with Crippen molar-refractivity contribution in [3.63, 3.8) is 0 Å². The van der Waals surface area contributed by atoms with Crippen molar-refractivity contribution in [2.24, 2.45) is 0 Å². The maximum atomic E-state index is 13.4. The van der Waals surface area contributed by atoms with Gasteiger partial charge in [-0.3, -0.25) is 9.88 Å². The van der Waals surface area contributed by atoms with E-state index in [1.165, 1.54) is 32.1 Å². The molecule has 2 heterocycles. The molecule has 1 aliphatic rings. The third-order valence-corrected chi connectivity index (χ3v) is 7.88. The Labute approximate surface area is 216 Å². The van der Waals surface area contributed by atoms with Crippen molar-refractivity contribution in [3.05, 3.63) is 83.4 Å². The Kier molecular flexibility index (Phi) is 8.18. The number of hydrogen-bond acceptors (Lipinski definition) is 5. The van der Waals surface area contributed by atoms with E-state index in [1.54, 1.807) is 23.9 Å². The third kappa shape index (κ3) is 6.26. The van der Waals surface area contributed by atoms with Crippen LogP contribution in [0, 0.1) is 12.7 Å². The number of aromatic nitrogens is 3. The van der Waals surface area contributed by atoms with Gasteiger partial charge in [0.25, 0.3) is 0 Å². The summed E-state index contributed by atoms with van der Waals surface area (Å²) in [5, 5.41) is 0.896. The lowest BCUT2D eigenvalue weighted by Gasteiger charge is -2.34. The number of thioether (sulfide) groups is 1. The molecule has 1 aliphatic carbocycles. The fourth-order valence-electron chi connectivity index (χ4n) is 4.93. The topological polar surface area (TPSA) is 54.0 Å². The van der Waals surface area contributed by atoms with Gasteiger partial charge in [-0.25, -0.2) is 9.37 Å². The van der Waals surface area contributed by atoms with Gasteiger partial charge in [-0.2, -0.15) is 0 Å². The molecule has 36 heavy (non-hydrogen) atoms. The fraction of sp³-hybridized carbons (Fsp3) is 0.379. The average molecular weight is 505 g/mol. The number of rotatable bonds is 10. The van der Waals surface area contributed by atoms with Gasteiger partial charge in [-0.05, 0) is 55.7 Å². The summed E-state index contributed by atoms with van der Waals surface area (Å²) >= 11 is 1.65. The molecule has 5 nitrogen and oxygen atoms in total. The molecule has 1 N–H and O–H groups in total. The zero-order valence-corrected chi connectivity index (χ0v) is 21.6. The van der Waals surface area contributed by atoms with Gasteiger partial charge in [0.2, 0.25) is 0 Å². The molecule has 0 unspecified atom stereocenters. The van der Waals surface area contributed by atoms with E-state index in [-0.39, 0.29) is 5.82 Å². The smallest absolute Gasteiger partial charge is 0.166 e. The largest absolute Gasteiger partial charge is 0.492 e. The Morgan fingerprint density at radius 1 is 1.06 bits per heavy atom. The van der Waals surface area contributed by atoms with Gasteiger partial charge in [0.1, 0.15) is 18.2 Å². The van der Waals surface area contributed by atoms with Crippen LogP contribution in [0.2, 0.25) is 0 Å². The number of hydrogen-bond donors (Lipinski definition) is 1. The molecule has 2 aromatic carbocycles. The van der Waals surface area contributed by atoms with E-state index in [2.05, 4.69) is 26.8 Å². The van der Waals surface area contributed by atoms with E-state index in [0.717, 1.165) is 57.6 Å². The van der Waals surface area contributed by atoms with Crippen LogP contribution in [-0.4, -0.2) is 39.0 Å². The maximum Gasteiger partial charge on any atom is 0.166 e. The van der Waals surface area contributed by atoms with E-state index in [9.17, 15) is 4.39 Å². The molecule has 0 radical (unpaired) electrons. The Balaban J connectivity index is 1.20. The third-order valence-electron chi connectivity index (χ3n) is 7.00. The van der Waals surface area contributed by atoms with Crippen molar-refractivity contribution >= 4 is 22.8 Å². The van der Waals surface area contributed by atoms with E-state index in [1.807, 2.05) is 48.7 Å². The zero-order chi connectivity index (χ0) is 24.7. The van der Waals surface area contributed by atoms with E-state index in [4.69, 9.17) is 4.74 Å². The van der Waals surface area contributed by atoms with Crippen molar-refractivity contribution in [1.82, 2.24) is 19.9 Å². The number of halogens is 1. The number of aromatic amines is 1. The summed E-state index contributed by atoms with van der Waals surface area (Å²) in [7, 11) is 0. The summed E-state index contributed by atoms with van der Waals surface area (Å²) in [5.74, 6) is 1.42. The molecule has 5 rings (SSSR count). The number of imidazole rings is 1. The summed E-state index contributed by atoms with van der Waals surface area (Å²) in [6, 6.07) is 17.5. The molecule has 0 aliphatic heterocycles. The van der Waals surface area contributed by atoms with Gasteiger partial charge in [-0.1, -0.05) is 55.3 Å². The molecule has 2 aromatic heterocycles. The van der Waals surface area contributed by atoms with Crippen LogP contribution in [0.5, 0.6) is 5.75 Å². The number of benzene rings is 2. The minimum absolute atomic E-state index is 0.186. The standard InChI is InChI=1S/C29H33FN4OS/c1-21-27(20-36-29-32-25-9-5-6-10-26(25)33-29)31-16-15-28(21)35-18-17-34(24-7-3-2-4-8-24)19-22-11-13-23(30)14-12-22/h5-6,9-16,24H,2-4,7-8,17-20H2,1H3,(H,32,33). The van der Waals surface area contributed by atoms with Crippen molar-refractivity contribution in [2.75, 3.05) is 13.2 Å². The number of fused-ring (bicyclic) bond motifs is 1. The summed E-state index contributed by atoms with van der Waals surface area (Å²) < 4.78 is 19.7. The number of nitrogens with one attached hydrogen (secondary N) is 1. The lowest BCUT2D eigenvalue weighted by Crippen LogP contribution is -2.39. The molecule has 0 atom stereocenters. The van der Waals surface area contributed by atoms with Crippen LogP contribution in [-0.2, 0) is 12.3 Å². The number of para-hydroxylation sites is 2. The second-order valence-corrected chi connectivity index (χ2v) is 10.4. The fourth-order valence-corrected chi connectivity index (χ4v) is 5.84. The van der Waals surface area contributed by atoms with Crippen LogP contribution in [0.4, 0.5) is 4.39 Å².